The third kappa shape index (κ3) is 3.29. The summed E-state index contributed by atoms with van der Waals surface area (Å²) in [6.45, 7) is 4.64. The molecule has 0 saturated carbocycles. The van der Waals surface area contributed by atoms with Gasteiger partial charge in [0.2, 0.25) is 17.6 Å². The van der Waals surface area contributed by atoms with Gasteiger partial charge in [-0.25, -0.2) is 0 Å². The molecule has 0 unspecified atom stereocenters. The minimum atomic E-state index is -0.0833. The van der Waals surface area contributed by atoms with Gasteiger partial charge in [-0.2, -0.15) is 4.98 Å². The Morgan fingerprint density at radius 3 is 2.50 bits per heavy atom. The summed E-state index contributed by atoms with van der Waals surface area (Å²) in [5, 5.41) is 4.08. The molecule has 1 atom stereocenters. The van der Waals surface area contributed by atoms with E-state index >= 15 is 0 Å². The van der Waals surface area contributed by atoms with Gasteiger partial charge in [-0.05, 0) is 61.4 Å². The molecule has 0 bridgehead atoms. The van der Waals surface area contributed by atoms with Gasteiger partial charge in [-0.15, -0.1) is 0 Å². The largest absolute Gasteiger partial charge is 0.339 e. The molecule has 26 heavy (non-hydrogen) atoms. The summed E-state index contributed by atoms with van der Waals surface area (Å²) in [6.07, 6.45) is 0.384. The number of carbonyl (C=O) groups is 1. The Morgan fingerprint density at radius 2 is 1.81 bits per heavy atom. The Balaban J connectivity index is 1.56. The van der Waals surface area contributed by atoms with Crippen LogP contribution in [-0.4, -0.2) is 22.6 Å². The highest BCUT2D eigenvalue weighted by Gasteiger charge is 2.35. The molecule has 2 aromatic carbocycles. The molecule has 0 aliphatic carbocycles. The van der Waals surface area contributed by atoms with E-state index in [1.807, 2.05) is 55.1 Å². The maximum Gasteiger partial charge on any atom is 0.232 e. The number of halogens is 1. The average Bonchev–Trinajstić information content (AvgIpc) is 3.21. The first-order valence-electron chi connectivity index (χ1n) is 8.48. The summed E-state index contributed by atoms with van der Waals surface area (Å²) >= 11 is 3.42. The first-order valence-corrected chi connectivity index (χ1v) is 9.27. The van der Waals surface area contributed by atoms with Gasteiger partial charge in [0, 0.05) is 28.7 Å². The van der Waals surface area contributed by atoms with Crippen molar-refractivity contribution in [3.05, 3.63) is 64.0 Å². The Bertz CT molecular complexity index is 945. The van der Waals surface area contributed by atoms with E-state index in [2.05, 4.69) is 32.1 Å². The molecule has 1 aliphatic rings. The first kappa shape index (κ1) is 17.0. The lowest BCUT2D eigenvalue weighted by atomic mass is 10.1. The molecule has 5 nitrogen and oxygen atoms in total. The van der Waals surface area contributed by atoms with Crippen LogP contribution in [0, 0.1) is 13.8 Å². The van der Waals surface area contributed by atoms with E-state index in [9.17, 15) is 4.79 Å². The van der Waals surface area contributed by atoms with E-state index < -0.39 is 0 Å². The lowest BCUT2D eigenvalue weighted by molar-refractivity contribution is -0.117. The van der Waals surface area contributed by atoms with Crippen LogP contribution in [0.2, 0.25) is 0 Å². The summed E-state index contributed by atoms with van der Waals surface area (Å²) in [4.78, 5) is 18.9. The first-order chi connectivity index (χ1) is 12.5. The van der Waals surface area contributed by atoms with E-state index in [1.165, 1.54) is 0 Å². The van der Waals surface area contributed by atoms with Crippen molar-refractivity contribution in [3.63, 3.8) is 0 Å². The number of carbonyl (C=O) groups excluding carboxylic acids is 1. The van der Waals surface area contributed by atoms with Crippen LogP contribution in [0.5, 0.6) is 0 Å². The fourth-order valence-electron chi connectivity index (χ4n) is 3.35. The minimum absolute atomic E-state index is 0.0833. The number of benzene rings is 2. The predicted octanol–water partition coefficient (Wildman–Crippen LogP) is 4.64. The maximum atomic E-state index is 12.5. The van der Waals surface area contributed by atoms with Crippen molar-refractivity contribution in [2.45, 2.75) is 26.2 Å². The molecule has 4 rings (SSSR count). The number of nitrogens with zero attached hydrogens (tertiary/aromatic N) is 3. The van der Waals surface area contributed by atoms with Crippen molar-refractivity contribution in [3.8, 4) is 11.4 Å². The zero-order chi connectivity index (χ0) is 18.3. The van der Waals surface area contributed by atoms with Crippen LogP contribution in [0.1, 0.15) is 29.4 Å². The van der Waals surface area contributed by atoms with Crippen LogP contribution in [0.25, 0.3) is 11.4 Å². The number of aromatic nitrogens is 2. The lowest BCUT2D eigenvalue weighted by Gasteiger charge is -2.17. The maximum absolute atomic E-state index is 12.5. The Kier molecular flexibility index (Phi) is 4.36. The summed E-state index contributed by atoms with van der Waals surface area (Å²) in [6, 6.07) is 13.9. The molecule has 6 heteroatoms. The van der Waals surface area contributed by atoms with Crippen molar-refractivity contribution in [1.29, 1.82) is 0 Å². The molecule has 132 valence electrons. The SMILES string of the molecule is Cc1cc(C)cc(N2C[C@@H](c3nc(-c4ccc(Br)cc4)no3)CC2=O)c1. The van der Waals surface area contributed by atoms with Gasteiger partial charge in [0.25, 0.3) is 0 Å². The molecular formula is C20H18BrN3O2. The third-order valence-electron chi connectivity index (χ3n) is 4.54. The molecular weight excluding hydrogens is 394 g/mol. The Labute approximate surface area is 160 Å². The fourth-order valence-corrected chi connectivity index (χ4v) is 3.61. The minimum Gasteiger partial charge on any atom is -0.339 e. The zero-order valence-corrected chi connectivity index (χ0v) is 16.2. The van der Waals surface area contributed by atoms with Gasteiger partial charge in [-0.1, -0.05) is 27.2 Å². The van der Waals surface area contributed by atoms with Gasteiger partial charge in [0.05, 0.1) is 5.92 Å². The van der Waals surface area contributed by atoms with Crippen LogP contribution in [-0.2, 0) is 4.79 Å². The Morgan fingerprint density at radius 1 is 1.12 bits per heavy atom. The van der Waals surface area contributed by atoms with Crippen molar-refractivity contribution in [2.24, 2.45) is 0 Å². The number of anilines is 1. The molecule has 2 heterocycles. The summed E-state index contributed by atoms with van der Waals surface area (Å²) in [5.41, 5.74) is 4.11. The van der Waals surface area contributed by atoms with Crippen molar-refractivity contribution in [2.75, 3.05) is 11.4 Å². The van der Waals surface area contributed by atoms with E-state index in [0.717, 1.165) is 26.9 Å². The molecule has 0 spiro atoms. The molecule has 0 N–H and O–H groups in total. The summed E-state index contributed by atoms with van der Waals surface area (Å²) in [7, 11) is 0. The fraction of sp³-hybridized carbons (Fsp3) is 0.250. The molecule has 1 aliphatic heterocycles. The number of hydrogen-bond donors (Lipinski definition) is 0. The molecule has 1 saturated heterocycles. The molecule has 1 amide bonds. The standard InChI is InChI=1S/C20H18BrN3O2/c1-12-7-13(2)9-17(8-12)24-11-15(10-18(24)25)20-22-19(23-26-20)14-3-5-16(21)6-4-14/h3-9,15H,10-11H2,1-2H3/t15-/m0/s1. The predicted molar refractivity (Wildman–Crippen MR) is 103 cm³/mol. The number of amides is 1. The van der Waals surface area contributed by atoms with Crippen LogP contribution in [0.4, 0.5) is 5.69 Å². The van der Waals surface area contributed by atoms with Crippen molar-refractivity contribution < 1.29 is 9.32 Å². The molecule has 1 fully saturated rings. The quantitative estimate of drug-likeness (QED) is 0.629. The second-order valence-electron chi connectivity index (χ2n) is 6.71. The highest BCUT2D eigenvalue weighted by atomic mass is 79.9. The van der Waals surface area contributed by atoms with Gasteiger partial charge in [0.15, 0.2) is 0 Å². The van der Waals surface area contributed by atoms with Gasteiger partial charge >= 0.3 is 0 Å². The summed E-state index contributed by atoms with van der Waals surface area (Å²) in [5.74, 6) is 1.07. The van der Waals surface area contributed by atoms with Crippen LogP contribution in [0.15, 0.2) is 51.5 Å². The second kappa shape index (κ2) is 6.68. The van der Waals surface area contributed by atoms with E-state index in [-0.39, 0.29) is 11.8 Å². The van der Waals surface area contributed by atoms with Gasteiger partial charge in [0.1, 0.15) is 0 Å². The number of aryl methyl sites for hydroxylation is 2. The van der Waals surface area contributed by atoms with Gasteiger partial charge < -0.3 is 9.42 Å². The lowest BCUT2D eigenvalue weighted by Crippen LogP contribution is -2.24. The van der Waals surface area contributed by atoms with E-state index in [0.29, 0.717) is 24.7 Å². The van der Waals surface area contributed by atoms with Crippen molar-refractivity contribution >= 4 is 27.5 Å². The topological polar surface area (TPSA) is 59.2 Å². The molecule has 1 aromatic heterocycles. The van der Waals surface area contributed by atoms with Crippen LogP contribution >= 0.6 is 15.9 Å². The zero-order valence-electron chi connectivity index (χ0n) is 14.6. The highest BCUT2D eigenvalue weighted by molar-refractivity contribution is 9.10. The average molecular weight is 412 g/mol. The molecule has 0 radical (unpaired) electrons. The Hall–Kier alpha value is -2.47. The normalized spacial score (nSPS) is 17.1. The highest BCUT2D eigenvalue weighted by Crippen LogP contribution is 2.32. The smallest absolute Gasteiger partial charge is 0.232 e. The number of rotatable bonds is 3. The summed E-state index contributed by atoms with van der Waals surface area (Å²) < 4.78 is 6.46. The van der Waals surface area contributed by atoms with Gasteiger partial charge in [-0.3, -0.25) is 4.79 Å². The number of hydrogen-bond acceptors (Lipinski definition) is 4. The monoisotopic (exact) mass is 411 g/mol. The van der Waals surface area contributed by atoms with E-state index in [1.54, 1.807) is 0 Å². The van der Waals surface area contributed by atoms with Crippen LogP contribution < -0.4 is 4.90 Å². The molecule has 3 aromatic rings. The van der Waals surface area contributed by atoms with E-state index in [4.69, 9.17) is 4.52 Å². The van der Waals surface area contributed by atoms with Crippen molar-refractivity contribution in [1.82, 2.24) is 10.1 Å². The third-order valence-corrected chi connectivity index (χ3v) is 5.07. The second-order valence-corrected chi connectivity index (χ2v) is 7.63. The van der Waals surface area contributed by atoms with Crippen LogP contribution in [0.3, 0.4) is 0 Å².